The van der Waals surface area contributed by atoms with Gasteiger partial charge in [0, 0.05) is 45.0 Å². The fourth-order valence-electron chi connectivity index (χ4n) is 6.24. The molecular formula is C33H35ClF3N9O4. The summed E-state index contributed by atoms with van der Waals surface area (Å²) in [6.45, 7) is 3.99. The average Bonchev–Trinajstić information content (AvgIpc) is 3.06. The zero-order valence-electron chi connectivity index (χ0n) is 27.6. The van der Waals surface area contributed by atoms with E-state index >= 15 is 0 Å². The van der Waals surface area contributed by atoms with Crippen LogP contribution in [-0.2, 0) is 23.9 Å². The van der Waals surface area contributed by atoms with Crippen LogP contribution in [0.3, 0.4) is 0 Å². The zero-order valence-corrected chi connectivity index (χ0v) is 28.3. The minimum Gasteiger partial charge on any atom is -0.504 e. The van der Waals surface area contributed by atoms with Gasteiger partial charge < -0.3 is 29.7 Å². The topological polar surface area (TPSA) is 150 Å². The Morgan fingerprint density at radius 1 is 1.12 bits per heavy atom. The molecule has 264 valence electrons. The predicted octanol–water partition coefficient (Wildman–Crippen LogP) is 4.42. The quantitative estimate of drug-likeness (QED) is 0.269. The molecule has 1 saturated carbocycles. The van der Waals surface area contributed by atoms with E-state index in [1.54, 1.807) is 17.7 Å². The lowest BCUT2D eigenvalue weighted by atomic mass is 9.92. The van der Waals surface area contributed by atoms with E-state index in [9.17, 15) is 32.7 Å². The number of piperazine rings is 1. The number of aryl methyl sites for hydroxylation is 1. The highest BCUT2D eigenvalue weighted by Gasteiger charge is 2.32. The van der Waals surface area contributed by atoms with Crippen LogP contribution in [-0.4, -0.2) is 85.6 Å². The second-order valence-electron chi connectivity index (χ2n) is 12.3. The van der Waals surface area contributed by atoms with Gasteiger partial charge in [-0.3, -0.25) is 14.4 Å². The van der Waals surface area contributed by atoms with Crippen molar-refractivity contribution in [2.24, 2.45) is 0 Å². The minimum absolute atomic E-state index is 0.00510. The van der Waals surface area contributed by atoms with E-state index in [4.69, 9.17) is 16.6 Å². The Morgan fingerprint density at radius 3 is 2.46 bits per heavy atom. The van der Waals surface area contributed by atoms with Crippen LogP contribution in [0.4, 0.5) is 30.4 Å². The highest BCUT2D eigenvalue weighted by atomic mass is 35.5. The van der Waals surface area contributed by atoms with E-state index in [1.165, 1.54) is 11.2 Å². The van der Waals surface area contributed by atoms with Crippen molar-refractivity contribution in [3.05, 3.63) is 68.6 Å². The molecule has 1 aliphatic carbocycles. The van der Waals surface area contributed by atoms with E-state index in [-0.39, 0.29) is 83.2 Å². The summed E-state index contributed by atoms with van der Waals surface area (Å²) in [6.07, 6.45) is 1.55. The summed E-state index contributed by atoms with van der Waals surface area (Å²) in [6, 6.07) is 2.92. The SMILES string of the molecule is CCc1c(N2CCN(C(=O)c3ncnc(C)c3O)CC2)c(=O)c2nc(N(C)C3CCC3)cnc2n1CC(=O)Nc1ccc(C(F)(F)F)cc1Cl. The number of halogens is 4. The van der Waals surface area contributed by atoms with Crippen LogP contribution in [0.25, 0.3) is 11.2 Å². The number of aromatic hydroxyl groups is 1. The third-order valence-electron chi connectivity index (χ3n) is 9.31. The van der Waals surface area contributed by atoms with Gasteiger partial charge in [-0.15, -0.1) is 0 Å². The molecule has 2 amide bonds. The Bertz CT molecular complexity index is 2030. The minimum atomic E-state index is -4.60. The van der Waals surface area contributed by atoms with Crippen LogP contribution in [0, 0.1) is 6.92 Å². The van der Waals surface area contributed by atoms with Gasteiger partial charge in [0.2, 0.25) is 11.3 Å². The lowest BCUT2D eigenvalue weighted by Gasteiger charge is -2.37. The molecule has 0 radical (unpaired) electrons. The number of alkyl halides is 3. The number of amides is 2. The van der Waals surface area contributed by atoms with Gasteiger partial charge >= 0.3 is 6.18 Å². The number of hydrogen-bond donors (Lipinski definition) is 2. The molecule has 1 aliphatic heterocycles. The summed E-state index contributed by atoms with van der Waals surface area (Å²) >= 11 is 6.12. The van der Waals surface area contributed by atoms with Crippen LogP contribution in [0.2, 0.25) is 5.02 Å². The summed E-state index contributed by atoms with van der Waals surface area (Å²) in [5.74, 6) is -0.849. The monoisotopic (exact) mass is 713 g/mol. The number of nitrogens with one attached hydrogen (secondary N) is 1. The van der Waals surface area contributed by atoms with E-state index in [0.717, 1.165) is 37.5 Å². The first-order valence-corrected chi connectivity index (χ1v) is 16.5. The molecule has 0 unspecified atom stereocenters. The van der Waals surface area contributed by atoms with Crippen molar-refractivity contribution in [1.29, 1.82) is 0 Å². The van der Waals surface area contributed by atoms with Crippen LogP contribution in [0.5, 0.6) is 5.75 Å². The molecule has 6 rings (SSSR count). The normalized spacial score (nSPS) is 15.3. The third-order valence-corrected chi connectivity index (χ3v) is 9.62. The van der Waals surface area contributed by atoms with Gasteiger partial charge in [0.25, 0.3) is 5.91 Å². The lowest BCUT2D eigenvalue weighted by Crippen LogP contribution is -2.50. The Morgan fingerprint density at radius 2 is 1.84 bits per heavy atom. The maximum Gasteiger partial charge on any atom is 0.416 e. The number of pyridine rings is 1. The predicted molar refractivity (Wildman–Crippen MR) is 181 cm³/mol. The van der Waals surface area contributed by atoms with Crippen molar-refractivity contribution in [2.75, 3.05) is 48.3 Å². The Balaban J connectivity index is 1.35. The molecule has 17 heteroatoms. The van der Waals surface area contributed by atoms with E-state index < -0.39 is 23.6 Å². The summed E-state index contributed by atoms with van der Waals surface area (Å²) in [5, 5.41) is 12.7. The summed E-state index contributed by atoms with van der Waals surface area (Å²) in [5.41, 5.74) is -0.118. The van der Waals surface area contributed by atoms with E-state index in [1.807, 2.05) is 23.8 Å². The second-order valence-corrected chi connectivity index (χ2v) is 12.7. The Hall–Kier alpha value is -4.99. The van der Waals surface area contributed by atoms with Crippen LogP contribution < -0.4 is 20.5 Å². The van der Waals surface area contributed by atoms with Crippen molar-refractivity contribution in [2.45, 2.75) is 58.3 Å². The number of aromatic nitrogens is 5. The fourth-order valence-corrected chi connectivity index (χ4v) is 6.47. The van der Waals surface area contributed by atoms with Crippen molar-refractivity contribution in [1.82, 2.24) is 29.4 Å². The fraction of sp³-hybridized carbons (Fsp3) is 0.424. The first-order valence-electron chi connectivity index (χ1n) is 16.1. The molecule has 3 aromatic heterocycles. The van der Waals surface area contributed by atoms with Crippen LogP contribution in [0.15, 0.2) is 35.5 Å². The number of anilines is 3. The first kappa shape index (κ1) is 34.9. The van der Waals surface area contributed by atoms with Gasteiger partial charge in [0.1, 0.15) is 24.4 Å². The number of hydrogen-bond acceptors (Lipinski definition) is 10. The number of nitrogens with zero attached hydrogens (tertiary/aromatic N) is 8. The molecule has 1 aromatic carbocycles. The average molecular weight is 714 g/mol. The van der Waals surface area contributed by atoms with Crippen LogP contribution in [0.1, 0.15) is 53.6 Å². The number of rotatable bonds is 8. The highest BCUT2D eigenvalue weighted by molar-refractivity contribution is 6.33. The lowest BCUT2D eigenvalue weighted by molar-refractivity contribution is -0.137. The van der Waals surface area contributed by atoms with Gasteiger partial charge in [-0.05, 0) is 50.8 Å². The number of fused-ring (bicyclic) bond motifs is 1. The maximum absolute atomic E-state index is 14.3. The molecule has 4 aromatic rings. The van der Waals surface area contributed by atoms with Gasteiger partial charge in [-0.2, -0.15) is 13.2 Å². The van der Waals surface area contributed by atoms with Crippen LogP contribution >= 0.6 is 11.6 Å². The van der Waals surface area contributed by atoms with E-state index in [0.29, 0.717) is 23.6 Å². The Kier molecular flexibility index (Phi) is 9.57. The smallest absolute Gasteiger partial charge is 0.416 e. The molecule has 0 bridgehead atoms. The summed E-state index contributed by atoms with van der Waals surface area (Å²) in [4.78, 5) is 63.7. The van der Waals surface area contributed by atoms with Crippen molar-refractivity contribution < 1.29 is 27.9 Å². The molecule has 1 saturated heterocycles. The van der Waals surface area contributed by atoms with Crippen molar-refractivity contribution in [3.63, 3.8) is 0 Å². The van der Waals surface area contributed by atoms with Gasteiger partial charge in [-0.25, -0.2) is 19.9 Å². The van der Waals surface area contributed by atoms with Crippen molar-refractivity contribution in [3.8, 4) is 5.75 Å². The largest absolute Gasteiger partial charge is 0.504 e. The molecule has 2 aliphatic rings. The maximum atomic E-state index is 14.3. The Labute approximate surface area is 289 Å². The number of benzene rings is 1. The van der Waals surface area contributed by atoms with E-state index in [2.05, 4.69) is 20.3 Å². The summed E-state index contributed by atoms with van der Waals surface area (Å²) in [7, 11) is 1.90. The second kappa shape index (κ2) is 13.7. The molecule has 50 heavy (non-hydrogen) atoms. The molecule has 2 fully saturated rings. The molecular weight excluding hydrogens is 679 g/mol. The number of carbonyl (C=O) groups is 2. The standard InChI is InChI=1S/C33H35ClF3N9O4/c1-4-23-28(44-10-12-45(13-11-44)32(50)27-29(48)18(2)39-17-40-27)30(49)26-31(38-15-24(42-26)43(3)20-6-5-7-20)46(23)16-25(47)41-22-9-8-19(14-21(22)34)33(35,36)37/h8-9,14-15,17,20,48H,4-7,10-13,16H2,1-3H3,(H,41,47). The number of carbonyl (C=O) groups excluding carboxylic acids is 2. The summed E-state index contributed by atoms with van der Waals surface area (Å²) < 4.78 is 41.2. The van der Waals surface area contributed by atoms with Gasteiger partial charge in [0.15, 0.2) is 22.6 Å². The molecule has 4 heterocycles. The van der Waals surface area contributed by atoms with Gasteiger partial charge in [0.05, 0.1) is 28.2 Å². The zero-order chi connectivity index (χ0) is 35.9. The molecule has 13 nitrogen and oxygen atoms in total. The third kappa shape index (κ3) is 6.63. The van der Waals surface area contributed by atoms with Crippen molar-refractivity contribution >= 4 is 51.8 Å². The molecule has 0 atom stereocenters. The highest BCUT2D eigenvalue weighted by Crippen LogP contribution is 2.34. The van der Waals surface area contributed by atoms with Gasteiger partial charge in [-0.1, -0.05) is 18.5 Å². The molecule has 2 N–H and O–H groups in total. The molecule has 0 spiro atoms. The first-order chi connectivity index (χ1) is 23.8.